The molecule has 0 bridgehead atoms. The summed E-state index contributed by atoms with van der Waals surface area (Å²) in [5.74, 6) is 0.835. The van der Waals surface area contributed by atoms with Gasteiger partial charge in [-0.05, 0) is 62.9 Å². The fraction of sp³-hybridized carbons (Fsp3) is 0.375. The minimum atomic E-state index is -1.71. The molecule has 1 saturated carbocycles. The van der Waals surface area contributed by atoms with Crippen LogP contribution in [0.3, 0.4) is 0 Å². The van der Waals surface area contributed by atoms with E-state index in [1.165, 1.54) is 31.2 Å². The Morgan fingerprint density at radius 3 is 2.79 bits per heavy atom. The van der Waals surface area contributed by atoms with Crippen molar-refractivity contribution in [2.75, 3.05) is 11.9 Å². The molecule has 0 unspecified atom stereocenters. The molecule has 1 aliphatic heterocycles. The highest BCUT2D eigenvalue weighted by molar-refractivity contribution is 5.77. The molecule has 0 saturated heterocycles. The van der Waals surface area contributed by atoms with E-state index in [1.807, 2.05) is 6.07 Å². The Morgan fingerprint density at radius 2 is 2.00 bits per heavy atom. The van der Waals surface area contributed by atoms with Crippen LogP contribution in [0.5, 0.6) is 0 Å². The predicted molar refractivity (Wildman–Crippen MR) is 126 cm³/mol. The Hall–Kier alpha value is -3.66. The summed E-state index contributed by atoms with van der Waals surface area (Å²) in [7, 11) is 0. The fourth-order valence-electron chi connectivity index (χ4n) is 4.37. The molecule has 174 valence electrons. The highest BCUT2D eigenvalue weighted by Crippen LogP contribution is 2.35. The lowest BCUT2D eigenvalue weighted by Crippen LogP contribution is -2.23. The van der Waals surface area contributed by atoms with Gasteiger partial charge in [0.2, 0.25) is 5.95 Å². The molecule has 6 rings (SSSR count). The van der Waals surface area contributed by atoms with E-state index in [-0.39, 0.29) is 17.4 Å². The Labute approximate surface area is 195 Å². The molecular formula is C24H25FN8O. The number of nitrogens with one attached hydrogen (secondary N) is 2. The maximum atomic E-state index is 14.6. The highest BCUT2D eigenvalue weighted by atomic mass is 19.1. The number of aromatic nitrogens is 6. The number of alkyl halides is 1. The molecule has 3 aromatic heterocycles. The summed E-state index contributed by atoms with van der Waals surface area (Å²) in [4.78, 5) is 30.9. The van der Waals surface area contributed by atoms with Gasteiger partial charge in [-0.1, -0.05) is 6.07 Å². The van der Waals surface area contributed by atoms with E-state index in [1.54, 1.807) is 21.6 Å². The zero-order valence-electron chi connectivity index (χ0n) is 19.0. The van der Waals surface area contributed by atoms with E-state index in [0.717, 1.165) is 38.0 Å². The fourth-order valence-corrected chi connectivity index (χ4v) is 4.37. The molecule has 2 N–H and O–H groups in total. The Balaban J connectivity index is 1.46. The van der Waals surface area contributed by atoms with Crippen LogP contribution < -0.4 is 16.2 Å². The summed E-state index contributed by atoms with van der Waals surface area (Å²) in [6.07, 6.45) is 5.81. The second-order valence-corrected chi connectivity index (χ2v) is 9.37. The van der Waals surface area contributed by atoms with Crippen LogP contribution in [0.25, 0.3) is 16.9 Å². The average molecular weight is 461 g/mol. The van der Waals surface area contributed by atoms with Crippen molar-refractivity contribution >= 4 is 22.7 Å². The molecule has 0 spiro atoms. The van der Waals surface area contributed by atoms with E-state index >= 15 is 0 Å². The van der Waals surface area contributed by atoms with Gasteiger partial charge in [0.25, 0.3) is 5.56 Å². The normalized spacial score (nSPS) is 16.0. The van der Waals surface area contributed by atoms with Crippen LogP contribution in [0, 0.1) is 0 Å². The molecule has 0 amide bonds. The third-order valence-corrected chi connectivity index (χ3v) is 6.25. The van der Waals surface area contributed by atoms with Gasteiger partial charge < -0.3 is 10.6 Å². The maximum absolute atomic E-state index is 14.6. The first kappa shape index (κ1) is 20.9. The monoisotopic (exact) mass is 460 g/mol. The minimum absolute atomic E-state index is 0.0533. The van der Waals surface area contributed by atoms with Crippen LogP contribution in [0.15, 0.2) is 41.5 Å². The summed E-state index contributed by atoms with van der Waals surface area (Å²) < 4.78 is 17.9. The van der Waals surface area contributed by atoms with Gasteiger partial charge in [0.05, 0.1) is 6.04 Å². The van der Waals surface area contributed by atoms with E-state index < -0.39 is 5.67 Å². The zero-order valence-corrected chi connectivity index (χ0v) is 19.0. The van der Waals surface area contributed by atoms with Crippen LogP contribution in [-0.2, 0) is 18.6 Å². The lowest BCUT2D eigenvalue weighted by atomic mass is 10.0. The summed E-state index contributed by atoms with van der Waals surface area (Å²) in [6, 6.07) is 7.95. The van der Waals surface area contributed by atoms with Gasteiger partial charge in [0.15, 0.2) is 23.0 Å². The van der Waals surface area contributed by atoms with Crippen molar-refractivity contribution in [3.8, 4) is 5.82 Å². The first-order valence-corrected chi connectivity index (χ1v) is 11.5. The van der Waals surface area contributed by atoms with Gasteiger partial charge in [-0.3, -0.25) is 4.79 Å². The van der Waals surface area contributed by atoms with Crippen LogP contribution in [0.1, 0.15) is 49.7 Å². The Kier molecular flexibility index (Phi) is 4.73. The number of benzene rings is 1. The smallest absolute Gasteiger partial charge is 0.278 e. The second kappa shape index (κ2) is 7.69. The molecule has 4 heterocycles. The summed E-state index contributed by atoms with van der Waals surface area (Å²) in [5.41, 5.74) is 2.01. The maximum Gasteiger partial charge on any atom is 0.278 e. The molecular weight excluding hydrogens is 435 g/mol. The van der Waals surface area contributed by atoms with Gasteiger partial charge in [-0.15, -0.1) is 0 Å². The number of nitrogens with zero attached hydrogens (tertiary/aromatic N) is 6. The molecule has 2 aliphatic rings. The standard InChI is InChI=1S/C24H25FN8O/c1-24(2,25)22-27-10-8-19(30-22)33-20-18(21(34)32(33)17-5-6-17)13-28-23(31-20)29-16-4-3-15-12-26-9-7-14(15)11-16/h3-4,8,10-11,13,17,26H,5-7,9,12H2,1-2H3,(H,28,29,31). The van der Waals surface area contributed by atoms with E-state index in [2.05, 4.69) is 37.7 Å². The second-order valence-electron chi connectivity index (χ2n) is 9.37. The zero-order chi connectivity index (χ0) is 23.4. The molecule has 1 fully saturated rings. The van der Waals surface area contributed by atoms with Crippen LogP contribution in [0.4, 0.5) is 16.0 Å². The van der Waals surface area contributed by atoms with Gasteiger partial charge >= 0.3 is 0 Å². The van der Waals surface area contributed by atoms with Crippen molar-refractivity contribution < 1.29 is 4.39 Å². The molecule has 4 aromatic rings. The quantitative estimate of drug-likeness (QED) is 0.471. The van der Waals surface area contributed by atoms with Crippen molar-refractivity contribution in [3.63, 3.8) is 0 Å². The SMILES string of the molecule is CC(C)(F)c1nccc(-n2c3nc(Nc4ccc5c(c4)CCNC5)ncc3c(=O)n2C2CC2)n1. The predicted octanol–water partition coefficient (Wildman–Crippen LogP) is 3.30. The average Bonchev–Trinajstić information content (AvgIpc) is 3.62. The van der Waals surface area contributed by atoms with Crippen molar-refractivity contribution in [1.82, 2.24) is 34.6 Å². The molecule has 9 nitrogen and oxygen atoms in total. The van der Waals surface area contributed by atoms with Crippen molar-refractivity contribution in [3.05, 3.63) is 64.0 Å². The summed E-state index contributed by atoms with van der Waals surface area (Å²) >= 11 is 0. The Morgan fingerprint density at radius 1 is 1.15 bits per heavy atom. The molecule has 0 atom stereocenters. The first-order chi connectivity index (χ1) is 16.4. The Bertz CT molecular complexity index is 1460. The number of fused-ring (bicyclic) bond motifs is 2. The molecule has 0 radical (unpaired) electrons. The highest BCUT2D eigenvalue weighted by Gasteiger charge is 2.32. The number of hydrogen-bond acceptors (Lipinski definition) is 7. The molecule has 1 aromatic carbocycles. The van der Waals surface area contributed by atoms with Crippen molar-refractivity contribution in [2.24, 2.45) is 0 Å². The lowest BCUT2D eigenvalue weighted by molar-refractivity contribution is 0.206. The van der Waals surface area contributed by atoms with Gasteiger partial charge in [0, 0.05) is 30.7 Å². The van der Waals surface area contributed by atoms with E-state index in [0.29, 0.717) is 22.8 Å². The number of anilines is 2. The van der Waals surface area contributed by atoms with Crippen LogP contribution in [0.2, 0.25) is 0 Å². The first-order valence-electron chi connectivity index (χ1n) is 11.5. The van der Waals surface area contributed by atoms with Gasteiger partial charge in [0.1, 0.15) is 5.39 Å². The number of rotatable bonds is 5. The molecule has 34 heavy (non-hydrogen) atoms. The summed E-state index contributed by atoms with van der Waals surface area (Å²) in [6.45, 7) is 4.64. The van der Waals surface area contributed by atoms with Crippen LogP contribution in [-0.4, -0.2) is 35.8 Å². The number of hydrogen-bond donors (Lipinski definition) is 2. The van der Waals surface area contributed by atoms with Gasteiger partial charge in [-0.2, -0.15) is 4.98 Å². The largest absolute Gasteiger partial charge is 0.324 e. The molecule has 1 aliphatic carbocycles. The lowest BCUT2D eigenvalue weighted by Gasteiger charge is -2.18. The molecule has 10 heteroatoms. The topological polar surface area (TPSA) is 103 Å². The van der Waals surface area contributed by atoms with Gasteiger partial charge in [-0.25, -0.2) is 28.7 Å². The van der Waals surface area contributed by atoms with Crippen LogP contribution >= 0.6 is 0 Å². The number of halogens is 1. The van der Waals surface area contributed by atoms with Crippen molar-refractivity contribution in [1.29, 1.82) is 0 Å². The van der Waals surface area contributed by atoms with Crippen molar-refractivity contribution in [2.45, 2.75) is 51.4 Å². The third kappa shape index (κ3) is 3.63. The van der Waals surface area contributed by atoms with E-state index in [9.17, 15) is 9.18 Å². The summed E-state index contributed by atoms with van der Waals surface area (Å²) in [5, 5.41) is 7.04. The minimum Gasteiger partial charge on any atom is -0.324 e. The van der Waals surface area contributed by atoms with E-state index in [4.69, 9.17) is 4.98 Å². The third-order valence-electron chi connectivity index (χ3n) is 6.25.